The van der Waals surface area contributed by atoms with Gasteiger partial charge in [-0.3, -0.25) is 0 Å². The summed E-state index contributed by atoms with van der Waals surface area (Å²) in [6.45, 7) is 0.397. The van der Waals surface area contributed by atoms with E-state index in [1.54, 1.807) is 0 Å². The molecule has 5 heteroatoms. The minimum absolute atomic E-state index is 0.122. The molecule has 0 unspecified atom stereocenters. The smallest absolute Gasteiger partial charge is 0.407 e. The highest BCUT2D eigenvalue weighted by Crippen LogP contribution is 2.18. The minimum Gasteiger partial charge on any atom is -0.465 e. The number of carboxylic acid groups (broad SMARTS) is 1. The van der Waals surface area contributed by atoms with Gasteiger partial charge in [0, 0.05) is 6.54 Å². The largest absolute Gasteiger partial charge is 0.465 e. The molecule has 0 saturated carbocycles. The molecule has 0 bridgehead atoms. The Morgan fingerprint density at radius 2 is 2.20 bits per heavy atom. The van der Waals surface area contributed by atoms with E-state index in [1.807, 2.05) is 0 Å². The van der Waals surface area contributed by atoms with Crippen molar-refractivity contribution in [2.45, 2.75) is 5.60 Å². The minimum atomic E-state index is -1.00. The maximum absolute atomic E-state index is 10.2. The molecule has 0 spiro atoms. The Bertz CT molecular complexity index is 153. The summed E-state index contributed by atoms with van der Waals surface area (Å²) in [5.74, 6) is 0. The van der Waals surface area contributed by atoms with Crippen LogP contribution in [0.25, 0.3) is 0 Å². The number of hydrogen-bond acceptors (Lipinski definition) is 3. The van der Waals surface area contributed by atoms with Gasteiger partial charge in [-0.25, -0.2) is 4.79 Å². The molecule has 58 valence electrons. The Morgan fingerprint density at radius 3 is 2.50 bits per heavy atom. The summed E-state index contributed by atoms with van der Waals surface area (Å²) in [6, 6.07) is 0. The fourth-order valence-corrected chi connectivity index (χ4v) is 0.929. The lowest BCUT2D eigenvalue weighted by atomic mass is 9.95. The first-order chi connectivity index (χ1) is 4.57. The summed E-state index contributed by atoms with van der Waals surface area (Å²) in [5.41, 5.74) is 4.20. The Labute approximate surface area is 58.0 Å². The standard InChI is InChI=1S/C5H10N2O3/c6-1-5(10)2-7(3-5)4(8)9/h10H,1-3,6H2,(H,8,9). The van der Waals surface area contributed by atoms with Crippen LogP contribution in [0.15, 0.2) is 0 Å². The molecule has 0 aromatic heterocycles. The molecule has 0 radical (unpaired) electrons. The molecule has 0 aromatic carbocycles. The molecular formula is C5H10N2O3. The number of carbonyl (C=O) groups is 1. The van der Waals surface area contributed by atoms with Crippen molar-refractivity contribution < 1.29 is 15.0 Å². The fraction of sp³-hybridized carbons (Fsp3) is 0.800. The second kappa shape index (κ2) is 2.10. The number of amides is 1. The summed E-state index contributed by atoms with van der Waals surface area (Å²) < 4.78 is 0. The van der Waals surface area contributed by atoms with Crippen molar-refractivity contribution in [3.05, 3.63) is 0 Å². The van der Waals surface area contributed by atoms with Crippen LogP contribution in [0.3, 0.4) is 0 Å². The SMILES string of the molecule is NCC1(O)CN(C(=O)O)C1. The molecule has 0 aromatic rings. The molecule has 1 fully saturated rings. The summed E-state index contributed by atoms with van der Waals surface area (Å²) in [7, 11) is 0. The molecule has 1 saturated heterocycles. The highest BCUT2D eigenvalue weighted by molar-refractivity contribution is 5.66. The maximum atomic E-state index is 10.2. The van der Waals surface area contributed by atoms with Crippen LogP contribution in [0, 0.1) is 0 Å². The number of nitrogens with zero attached hydrogens (tertiary/aromatic N) is 1. The number of aliphatic hydroxyl groups is 1. The molecule has 5 nitrogen and oxygen atoms in total. The summed E-state index contributed by atoms with van der Waals surface area (Å²) in [5, 5.41) is 17.5. The van der Waals surface area contributed by atoms with E-state index in [1.165, 1.54) is 0 Å². The van der Waals surface area contributed by atoms with Gasteiger partial charge in [0.1, 0.15) is 5.60 Å². The van der Waals surface area contributed by atoms with Crippen LogP contribution in [0.1, 0.15) is 0 Å². The van der Waals surface area contributed by atoms with Gasteiger partial charge in [0.15, 0.2) is 0 Å². The first-order valence-electron chi connectivity index (χ1n) is 2.98. The molecule has 1 amide bonds. The lowest BCUT2D eigenvalue weighted by molar-refractivity contribution is -0.0766. The fourth-order valence-electron chi connectivity index (χ4n) is 0.929. The monoisotopic (exact) mass is 146 g/mol. The molecule has 1 aliphatic rings. The average Bonchev–Trinajstić information content (AvgIpc) is 1.80. The third-order valence-corrected chi connectivity index (χ3v) is 1.62. The maximum Gasteiger partial charge on any atom is 0.407 e. The van der Waals surface area contributed by atoms with Crippen LogP contribution in [0.5, 0.6) is 0 Å². The van der Waals surface area contributed by atoms with E-state index in [2.05, 4.69) is 0 Å². The van der Waals surface area contributed by atoms with E-state index >= 15 is 0 Å². The zero-order valence-electron chi connectivity index (χ0n) is 5.45. The predicted molar refractivity (Wildman–Crippen MR) is 33.6 cm³/mol. The lowest BCUT2D eigenvalue weighted by Crippen LogP contribution is -2.66. The second-order valence-electron chi connectivity index (χ2n) is 2.57. The number of likely N-dealkylation sites (tertiary alicyclic amines) is 1. The molecule has 4 N–H and O–H groups in total. The van der Waals surface area contributed by atoms with Crippen LogP contribution >= 0.6 is 0 Å². The first kappa shape index (κ1) is 7.30. The van der Waals surface area contributed by atoms with Crippen LogP contribution in [0.2, 0.25) is 0 Å². The van der Waals surface area contributed by atoms with Crippen LogP contribution in [-0.4, -0.2) is 46.4 Å². The normalized spacial score (nSPS) is 22.0. The van der Waals surface area contributed by atoms with Gasteiger partial charge in [-0.15, -0.1) is 0 Å². The van der Waals surface area contributed by atoms with Gasteiger partial charge in [0.25, 0.3) is 0 Å². The first-order valence-corrected chi connectivity index (χ1v) is 2.98. The molecule has 1 rings (SSSR count). The highest BCUT2D eigenvalue weighted by atomic mass is 16.4. The van der Waals surface area contributed by atoms with Gasteiger partial charge < -0.3 is 20.8 Å². The lowest BCUT2D eigenvalue weighted by Gasteiger charge is -2.43. The van der Waals surface area contributed by atoms with Crippen LogP contribution in [0.4, 0.5) is 4.79 Å². The molecular weight excluding hydrogens is 136 g/mol. The number of β-amino-alcohol motifs (C(OH)–C–C–N with tert-alkyl or cyclic N) is 1. The highest BCUT2D eigenvalue weighted by Gasteiger charge is 2.42. The predicted octanol–water partition coefficient (Wildman–Crippen LogP) is -1.33. The Morgan fingerprint density at radius 1 is 1.70 bits per heavy atom. The van der Waals surface area contributed by atoms with E-state index in [4.69, 9.17) is 10.8 Å². The Kier molecular flexibility index (Phi) is 1.53. The number of hydrogen-bond donors (Lipinski definition) is 3. The summed E-state index contributed by atoms with van der Waals surface area (Å²) >= 11 is 0. The summed E-state index contributed by atoms with van der Waals surface area (Å²) in [6.07, 6.45) is -1.00. The van der Waals surface area contributed by atoms with Crippen LogP contribution < -0.4 is 5.73 Å². The third kappa shape index (κ3) is 1.05. The van der Waals surface area contributed by atoms with Crippen molar-refractivity contribution in [1.82, 2.24) is 4.90 Å². The van der Waals surface area contributed by atoms with E-state index in [9.17, 15) is 9.90 Å². The number of rotatable bonds is 1. The number of nitrogens with two attached hydrogens (primary N) is 1. The summed E-state index contributed by atoms with van der Waals surface area (Å²) in [4.78, 5) is 11.3. The topological polar surface area (TPSA) is 86.8 Å². The van der Waals surface area contributed by atoms with Gasteiger partial charge in [0.05, 0.1) is 13.1 Å². The van der Waals surface area contributed by atoms with Crippen LogP contribution in [-0.2, 0) is 0 Å². The molecule has 10 heavy (non-hydrogen) atoms. The van der Waals surface area contributed by atoms with Gasteiger partial charge in [0.2, 0.25) is 0 Å². The Balaban J connectivity index is 2.36. The van der Waals surface area contributed by atoms with E-state index in [0.29, 0.717) is 0 Å². The van der Waals surface area contributed by atoms with Gasteiger partial charge in [-0.05, 0) is 0 Å². The van der Waals surface area contributed by atoms with E-state index < -0.39 is 11.7 Å². The van der Waals surface area contributed by atoms with Gasteiger partial charge in [-0.2, -0.15) is 0 Å². The van der Waals surface area contributed by atoms with Crippen molar-refractivity contribution in [2.75, 3.05) is 19.6 Å². The zero-order chi connectivity index (χ0) is 7.78. The third-order valence-electron chi connectivity index (χ3n) is 1.62. The molecule has 1 aliphatic heterocycles. The van der Waals surface area contributed by atoms with Crippen molar-refractivity contribution >= 4 is 6.09 Å². The molecule has 0 atom stereocenters. The van der Waals surface area contributed by atoms with Crippen molar-refractivity contribution in [2.24, 2.45) is 5.73 Å². The van der Waals surface area contributed by atoms with E-state index in [-0.39, 0.29) is 19.6 Å². The quantitative estimate of drug-likeness (QED) is 0.427. The second-order valence-corrected chi connectivity index (χ2v) is 2.57. The van der Waals surface area contributed by atoms with Crippen molar-refractivity contribution in [3.63, 3.8) is 0 Å². The van der Waals surface area contributed by atoms with E-state index in [0.717, 1.165) is 4.90 Å². The molecule has 0 aliphatic carbocycles. The molecule has 1 heterocycles. The Hall–Kier alpha value is -0.810. The average molecular weight is 146 g/mol. The van der Waals surface area contributed by atoms with Crippen molar-refractivity contribution in [1.29, 1.82) is 0 Å². The zero-order valence-corrected chi connectivity index (χ0v) is 5.45. The van der Waals surface area contributed by atoms with Crippen molar-refractivity contribution in [3.8, 4) is 0 Å². The van der Waals surface area contributed by atoms with Gasteiger partial charge in [-0.1, -0.05) is 0 Å². The van der Waals surface area contributed by atoms with Gasteiger partial charge >= 0.3 is 6.09 Å².